The molecule has 2 aromatic carbocycles. The van der Waals surface area contributed by atoms with Gasteiger partial charge in [0.15, 0.2) is 11.5 Å². The molecule has 4 atom stereocenters. The summed E-state index contributed by atoms with van der Waals surface area (Å²) in [6, 6.07) is 13.6. The number of carbonyl (C=O) groups is 2. The van der Waals surface area contributed by atoms with E-state index in [2.05, 4.69) is 46.8 Å². The topological polar surface area (TPSA) is 83.8 Å². The molecule has 1 fully saturated rings. The molecule has 2 aliphatic rings. The summed E-state index contributed by atoms with van der Waals surface area (Å²) in [7, 11) is 6.25. The fraction of sp³-hybridized carbons (Fsp3) is 0.588. The third kappa shape index (κ3) is 8.95. The number of carboxylic acid groups (broad SMARTS) is 1. The number of likely N-dealkylation sites (tertiary alicyclic amines) is 1. The fourth-order valence-electron chi connectivity index (χ4n) is 6.06. The van der Waals surface area contributed by atoms with Crippen molar-refractivity contribution in [2.24, 2.45) is 11.8 Å². The Morgan fingerprint density at radius 2 is 1.79 bits per heavy atom. The van der Waals surface area contributed by atoms with Gasteiger partial charge < -0.3 is 24.4 Å². The average molecular weight is 583 g/mol. The SMILES string of the molecule is CCCCN(C(=O)CN1CC(c2ccc3c(c2)OCO3)[C@@H](C(=O)O)C1CC(C)CCC)c1cccc(C)c1.C[NH+](C)C. The lowest BCUT2D eigenvalue weighted by Crippen LogP contribution is -3.02. The Morgan fingerprint density at radius 1 is 1.07 bits per heavy atom. The molecule has 0 saturated carbocycles. The highest BCUT2D eigenvalue weighted by Crippen LogP contribution is 2.43. The molecule has 2 aliphatic heterocycles. The van der Waals surface area contributed by atoms with E-state index in [0.717, 1.165) is 48.9 Å². The molecule has 0 aliphatic carbocycles. The van der Waals surface area contributed by atoms with Crippen LogP contribution in [0.2, 0.25) is 0 Å². The van der Waals surface area contributed by atoms with E-state index in [0.29, 0.717) is 30.5 Å². The second-order valence-electron chi connectivity index (χ2n) is 12.4. The largest absolute Gasteiger partial charge is 0.481 e. The van der Waals surface area contributed by atoms with E-state index in [-0.39, 0.29) is 31.2 Å². The second-order valence-corrected chi connectivity index (χ2v) is 12.4. The van der Waals surface area contributed by atoms with Crippen molar-refractivity contribution in [3.05, 3.63) is 53.6 Å². The van der Waals surface area contributed by atoms with E-state index in [9.17, 15) is 14.7 Å². The average Bonchev–Trinajstić information content (AvgIpc) is 3.53. The first kappa shape index (κ1) is 33.4. The van der Waals surface area contributed by atoms with Crippen LogP contribution in [0.15, 0.2) is 42.5 Å². The van der Waals surface area contributed by atoms with Crippen LogP contribution in [0, 0.1) is 18.8 Å². The molecule has 4 rings (SSSR count). The molecule has 2 heterocycles. The van der Waals surface area contributed by atoms with Gasteiger partial charge in [0.25, 0.3) is 0 Å². The van der Waals surface area contributed by atoms with Crippen LogP contribution in [0.25, 0.3) is 0 Å². The highest BCUT2D eigenvalue weighted by molar-refractivity contribution is 5.95. The van der Waals surface area contributed by atoms with Gasteiger partial charge in [0.05, 0.1) is 33.6 Å². The van der Waals surface area contributed by atoms with E-state index in [1.807, 2.05) is 54.3 Å². The molecule has 2 N–H and O–H groups in total. The Hall–Kier alpha value is -3.10. The number of rotatable bonds is 12. The van der Waals surface area contributed by atoms with E-state index in [1.54, 1.807) is 0 Å². The smallest absolute Gasteiger partial charge is 0.308 e. The zero-order chi connectivity index (χ0) is 30.8. The lowest BCUT2D eigenvalue weighted by Gasteiger charge is -2.31. The Labute approximate surface area is 252 Å². The first-order chi connectivity index (χ1) is 20.0. The Balaban J connectivity index is 0.00000114. The van der Waals surface area contributed by atoms with Gasteiger partial charge in [-0.15, -0.1) is 0 Å². The zero-order valence-electron chi connectivity index (χ0n) is 26.7. The highest BCUT2D eigenvalue weighted by atomic mass is 16.7. The first-order valence-electron chi connectivity index (χ1n) is 15.6. The van der Waals surface area contributed by atoms with Gasteiger partial charge in [-0.3, -0.25) is 14.5 Å². The molecule has 1 amide bonds. The summed E-state index contributed by atoms with van der Waals surface area (Å²) in [6.45, 7) is 10.0. The van der Waals surface area contributed by atoms with Crippen molar-refractivity contribution < 1.29 is 29.1 Å². The zero-order valence-corrected chi connectivity index (χ0v) is 26.7. The van der Waals surface area contributed by atoms with Gasteiger partial charge in [0.1, 0.15) is 0 Å². The van der Waals surface area contributed by atoms with E-state index >= 15 is 0 Å². The van der Waals surface area contributed by atoms with Crippen LogP contribution in [0.4, 0.5) is 5.69 Å². The molecule has 0 spiro atoms. The third-order valence-corrected chi connectivity index (χ3v) is 7.97. The van der Waals surface area contributed by atoms with E-state index in [1.165, 1.54) is 4.90 Å². The van der Waals surface area contributed by atoms with Crippen molar-refractivity contribution in [3.63, 3.8) is 0 Å². The van der Waals surface area contributed by atoms with Crippen LogP contribution < -0.4 is 19.3 Å². The lowest BCUT2D eigenvalue weighted by molar-refractivity contribution is -0.836. The van der Waals surface area contributed by atoms with Crippen LogP contribution >= 0.6 is 0 Å². The second kappa shape index (κ2) is 15.9. The number of anilines is 1. The molecular formula is C34H52N3O5+. The standard InChI is InChI=1S/C31H42N2O5.C3H9N/c1-5-7-14-33(24-11-8-10-22(4)15-24)29(34)19-32-18-25(23-12-13-27-28(17-23)38-20-37-27)30(31(35)36)26(32)16-21(3)9-6-2;1-4(2)3/h8,10-13,15,17,21,25-26,30H,5-7,9,14,16,18-20H2,1-4H3,(H,35,36);1-3H3/p+1/t21?,25?,26?,30-;/m1./s1. The molecule has 2 aromatic rings. The number of quaternary nitrogens is 1. The summed E-state index contributed by atoms with van der Waals surface area (Å²) in [6.07, 6.45) is 4.73. The van der Waals surface area contributed by atoms with Gasteiger partial charge in [0.2, 0.25) is 12.7 Å². The first-order valence-corrected chi connectivity index (χ1v) is 15.6. The van der Waals surface area contributed by atoms with Crippen molar-refractivity contribution in [3.8, 4) is 11.5 Å². The number of fused-ring (bicyclic) bond motifs is 1. The van der Waals surface area contributed by atoms with Gasteiger partial charge in [-0.05, 0) is 61.1 Å². The quantitative estimate of drug-likeness (QED) is 0.380. The van der Waals surface area contributed by atoms with Crippen LogP contribution in [-0.2, 0) is 9.59 Å². The van der Waals surface area contributed by atoms with Gasteiger partial charge in [-0.25, -0.2) is 0 Å². The van der Waals surface area contributed by atoms with Crippen LogP contribution in [0.5, 0.6) is 11.5 Å². The number of amides is 1. The number of aryl methyl sites for hydroxylation is 1. The molecule has 8 heteroatoms. The summed E-state index contributed by atoms with van der Waals surface area (Å²) in [5.41, 5.74) is 2.94. The minimum Gasteiger partial charge on any atom is -0.481 e. The molecule has 1 saturated heterocycles. The molecule has 42 heavy (non-hydrogen) atoms. The number of carboxylic acids is 1. The molecular weight excluding hydrogens is 530 g/mol. The predicted molar refractivity (Wildman–Crippen MR) is 168 cm³/mol. The number of nitrogens with one attached hydrogen (secondary N) is 1. The number of hydrogen-bond donors (Lipinski definition) is 2. The van der Waals surface area contributed by atoms with Crippen LogP contribution in [0.1, 0.15) is 69.9 Å². The molecule has 0 aromatic heterocycles. The number of nitrogens with zero attached hydrogens (tertiary/aromatic N) is 2. The van der Waals surface area contributed by atoms with Gasteiger partial charge >= 0.3 is 5.97 Å². The number of benzene rings is 2. The lowest BCUT2D eigenvalue weighted by atomic mass is 9.81. The summed E-state index contributed by atoms with van der Waals surface area (Å²) in [5.74, 6) is 0.0754. The summed E-state index contributed by atoms with van der Waals surface area (Å²) < 4.78 is 11.1. The van der Waals surface area contributed by atoms with E-state index in [4.69, 9.17) is 9.47 Å². The van der Waals surface area contributed by atoms with E-state index < -0.39 is 11.9 Å². The summed E-state index contributed by atoms with van der Waals surface area (Å²) in [5, 5.41) is 10.5. The van der Waals surface area contributed by atoms with Crippen molar-refractivity contribution in [2.75, 3.05) is 52.5 Å². The van der Waals surface area contributed by atoms with Gasteiger partial charge in [-0.1, -0.05) is 58.2 Å². The maximum atomic E-state index is 13.8. The Bertz CT molecular complexity index is 1170. The molecule has 0 bridgehead atoms. The summed E-state index contributed by atoms with van der Waals surface area (Å²) in [4.78, 5) is 32.0. The number of carbonyl (C=O) groups excluding carboxylic acids is 1. The normalized spacial score (nSPS) is 20.2. The minimum absolute atomic E-state index is 0.0210. The third-order valence-electron chi connectivity index (χ3n) is 7.97. The number of aliphatic carboxylic acids is 1. The van der Waals surface area contributed by atoms with Gasteiger partial charge in [0, 0.05) is 30.7 Å². The van der Waals surface area contributed by atoms with Crippen molar-refractivity contribution in [2.45, 2.75) is 71.8 Å². The Kier molecular flexibility index (Phi) is 12.7. The molecule has 3 unspecified atom stereocenters. The highest BCUT2D eigenvalue weighted by Gasteiger charge is 2.47. The Morgan fingerprint density at radius 3 is 2.43 bits per heavy atom. The number of unbranched alkanes of at least 4 members (excludes halogenated alkanes) is 1. The van der Waals surface area contributed by atoms with Crippen molar-refractivity contribution in [1.82, 2.24) is 4.90 Å². The fourth-order valence-corrected chi connectivity index (χ4v) is 6.06. The monoisotopic (exact) mass is 582 g/mol. The summed E-state index contributed by atoms with van der Waals surface area (Å²) >= 11 is 0. The van der Waals surface area contributed by atoms with Crippen LogP contribution in [-0.4, -0.2) is 75.5 Å². The number of hydrogen-bond acceptors (Lipinski definition) is 5. The van der Waals surface area contributed by atoms with Gasteiger partial charge in [-0.2, -0.15) is 0 Å². The minimum atomic E-state index is -0.808. The van der Waals surface area contributed by atoms with Crippen LogP contribution in [0.3, 0.4) is 0 Å². The number of ether oxygens (including phenoxy) is 2. The molecule has 0 radical (unpaired) electrons. The predicted octanol–water partition coefficient (Wildman–Crippen LogP) is 4.61. The molecule has 232 valence electrons. The van der Waals surface area contributed by atoms with Crippen molar-refractivity contribution >= 4 is 17.6 Å². The maximum absolute atomic E-state index is 13.8. The maximum Gasteiger partial charge on any atom is 0.308 e. The van der Waals surface area contributed by atoms with Crippen molar-refractivity contribution in [1.29, 1.82) is 0 Å². The molecule has 8 nitrogen and oxygen atoms in total.